The first kappa shape index (κ1) is 11.0. The number of hydrogen-bond acceptors (Lipinski definition) is 4. The summed E-state index contributed by atoms with van der Waals surface area (Å²) >= 11 is 0. The fourth-order valence-electron chi connectivity index (χ4n) is 1.52. The topological polar surface area (TPSA) is 66.8 Å². The zero-order valence-corrected chi connectivity index (χ0v) is 8.23. The van der Waals surface area contributed by atoms with Gasteiger partial charge in [-0.15, -0.1) is 0 Å². The summed E-state index contributed by atoms with van der Waals surface area (Å²) in [6.07, 6.45) is 0.456. The van der Waals surface area contributed by atoms with Crippen molar-refractivity contribution in [2.75, 3.05) is 19.7 Å². The number of rotatable bonds is 3. The van der Waals surface area contributed by atoms with Gasteiger partial charge in [0.1, 0.15) is 6.61 Å². The quantitative estimate of drug-likeness (QED) is 0.656. The molecule has 80 valence electrons. The Kier molecular flexibility index (Phi) is 3.88. The highest BCUT2D eigenvalue weighted by Crippen LogP contribution is 2.08. The number of cyclic esters (lactones) is 1. The molecule has 0 aliphatic carbocycles. The van der Waals surface area contributed by atoms with Gasteiger partial charge in [0, 0.05) is 19.1 Å². The van der Waals surface area contributed by atoms with Crippen molar-refractivity contribution in [1.29, 1.82) is 0 Å². The van der Waals surface area contributed by atoms with Crippen LogP contribution in [-0.2, 0) is 14.3 Å². The van der Waals surface area contributed by atoms with E-state index in [-0.39, 0.29) is 18.4 Å². The predicted octanol–water partition coefficient (Wildman–Crippen LogP) is 0.0985. The Hall–Kier alpha value is -1.10. The molecule has 5 heteroatoms. The molecule has 0 bridgehead atoms. The highest BCUT2D eigenvalue weighted by molar-refractivity contribution is 5.70. The van der Waals surface area contributed by atoms with Crippen molar-refractivity contribution in [3.05, 3.63) is 0 Å². The Balaban J connectivity index is 2.42. The molecule has 0 radical (unpaired) electrons. The molecule has 0 amide bonds. The zero-order valence-electron chi connectivity index (χ0n) is 8.23. The average Bonchev–Trinajstić information content (AvgIpc) is 2.28. The van der Waals surface area contributed by atoms with Crippen molar-refractivity contribution >= 4 is 11.9 Å². The lowest BCUT2D eigenvalue weighted by Crippen LogP contribution is -2.36. The largest absolute Gasteiger partial charge is 0.481 e. The van der Waals surface area contributed by atoms with E-state index in [4.69, 9.17) is 9.84 Å². The zero-order chi connectivity index (χ0) is 10.6. The molecular weight excluding hydrogens is 186 g/mol. The van der Waals surface area contributed by atoms with E-state index in [1.54, 1.807) is 0 Å². The lowest BCUT2D eigenvalue weighted by Gasteiger charge is -2.24. The number of carboxylic acid groups (broad SMARTS) is 1. The minimum absolute atomic E-state index is 0.0398. The third-order valence-corrected chi connectivity index (χ3v) is 2.34. The highest BCUT2D eigenvalue weighted by atomic mass is 16.5. The molecule has 1 heterocycles. The Labute approximate surface area is 82.6 Å². The van der Waals surface area contributed by atoms with Gasteiger partial charge in [-0.05, 0) is 6.92 Å². The summed E-state index contributed by atoms with van der Waals surface area (Å²) in [7, 11) is 0. The summed E-state index contributed by atoms with van der Waals surface area (Å²) in [5.74, 6) is -1.01. The molecule has 1 fully saturated rings. The number of carbonyl (C=O) groups excluding carboxylic acids is 1. The Morgan fingerprint density at radius 2 is 2.36 bits per heavy atom. The number of aliphatic carboxylic acids is 1. The summed E-state index contributed by atoms with van der Waals surface area (Å²) in [5, 5.41) is 8.61. The Morgan fingerprint density at radius 1 is 1.64 bits per heavy atom. The third-order valence-electron chi connectivity index (χ3n) is 2.34. The maximum atomic E-state index is 10.9. The van der Waals surface area contributed by atoms with Crippen LogP contribution < -0.4 is 0 Å². The lowest BCUT2D eigenvalue weighted by molar-refractivity contribution is -0.142. The number of carbonyl (C=O) groups is 2. The predicted molar refractivity (Wildman–Crippen MR) is 48.9 cm³/mol. The molecule has 1 aliphatic heterocycles. The molecule has 1 aliphatic rings. The fraction of sp³-hybridized carbons (Fsp3) is 0.778. The number of hydrogen-bond donors (Lipinski definition) is 1. The van der Waals surface area contributed by atoms with E-state index < -0.39 is 5.97 Å². The minimum Gasteiger partial charge on any atom is -0.481 e. The van der Waals surface area contributed by atoms with Crippen molar-refractivity contribution in [3.8, 4) is 0 Å². The first-order valence-corrected chi connectivity index (χ1v) is 4.71. The van der Waals surface area contributed by atoms with Crippen LogP contribution in [0.1, 0.15) is 19.8 Å². The van der Waals surface area contributed by atoms with Crippen LogP contribution in [0.15, 0.2) is 0 Å². The summed E-state index contributed by atoms with van der Waals surface area (Å²) < 4.78 is 4.86. The van der Waals surface area contributed by atoms with Gasteiger partial charge in [0.25, 0.3) is 0 Å². The smallest absolute Gasteiger partial charge is 0.307 e. The molecule has 0 spiro atoms. The van der Waals surface area contributed by atoms with E-state index >= 15 is 0 Å². The van der Waals surface area contributed by atoms with Crippen LogP contribution in [0.2, 0.25) is 0 Å². The van der Waals surface area contributed by atoms with E-state index in [9.17, 15) is 9.59 Å². The molecule has 0 aromatic heterocycles. The van der Waals surface area contributed by atoms with Gasteiger partial charge in [-0.2, -0.15) is 0 Å². The molecule has 0 aromatic carbocycles. The van der Waals surface area contributed by atoms with E-state index in [1.165, 1.54) is 0 Å². The van der Waals surface area contributed by atoms with Gasteiger partial charge in [0.05, 0.1) is 12.8 Å². The Bertz CT molecular complexity index is 229. The lowest BCUT2D eigenvalue weighted by atomic mass is 10.2. The van der Waals surface area contributed by atoms with Crippen molar-refractivity contribution < 1.29 is 19.4 Å². The van der Waals surface area contributed by atoms with E-state index in [0.717, 1.165) is 0 Å². The number of nitrogens with zero attached hydrogens (tertiary/aromatic N) is 1. The SMILES string of the molecule is CC(CC(=O)O)N1CCOC(=O)CC1. The molecule has 1 saturated heterocycles. The van der Waals surface area contributed by atoms with Crippen molar-refractivity contribution in [2.45, 2.75) is 25.8 Å². The van der Waals surface area contributed by atoms with E-state index in [1.807, 2.05) is 11.8 Å². The standard InChI is InChI=1S/C9H15NO4/c1-7(6-8(11)12)10-3-2-9(13)14-5-4-10/h7H,2-6H2,1H3,(H,11,12). The summed E-state index contributed by atoms with van der Waals surface area (Å²) in [6, 6.07) is -0.0398. The summed E-state index contributed by atoms with van der Waals surface area (Å²) in [4.78, 5) is 23.4. The van der Waals surface area contributed by atoms with Crippen LogP contribution >= 0.6 is 0 Å². The molecule has 1 unspecified atom stereocenters. The second-order valence-corrected chi connectivity index (χ2v) is 3.45. The third kappa shape index (κ3) is 3.33. The van der Waals surface area contributed by atoms with Crippen LogP contribution in [0.4, 0.5) is 0 Å². The minimum atomic E-state index is -0.811. The van der Waals surface area contributed by atoms with Crippen LogP contribution in [0, 0.1) is 0 Å². The van der Waals surface area contributed by atoms with Gasteiger partial charge in [-0.3, -0.25) is 14.5 Å². The Morgan fingerprint density at radius 3 is 3.00 bits per heavy atom. The molecule has 14 heavy (non-hydrogen) atoms. The molecule has 1 atom stereocenters. The second kappa shape index (κ2) is 4.95. The average molecular weight is 201 g/mol. The second-order valence-electron chi connectivity index (χ2n) is 3.45. The monoisotopic (exact) mass is 201 g/mol. The van der Waals surface area contributed by atoms with Gasteiger partial charge >= 0.3 is 11.9 Å². The summed E-state index contributed by atoms with van der Waals surface area (Å²) in [5.41, 5.74) is 0. The fourth-order valence-corrected chi connectivity index (χ4v) is 1.52. The van der Waals surface area contributed by atoms with E-state index in [2.05, 4.69) is 0 Å². The number of ether oxygens (including phenoxy) is 1. The van der Waals surface area contributed by atoms with Gasteiger partial charge in [0.2, 0.25) is 0 Å². The molecule has 5 nitrogen and oxygen atoms in total. The van der Waals surface area contributed by atoms with Gasteiger partial charge < -0.3 is 9.84 Å². The van der Waals surface area contributed by atoms with Crippen LogP contribution in [0.5, 0.6) is 0 Å². The van der Waals surface area contributed by atoms with Crippen molar-refractivity contribution in [1.82, 2.24) is 4.90 Å². The number of carboxylic acids is 1. The van der Waals surface area contributed by atoms with Crippen LogP contribution in [0.25, 0.3) is 0 Å². The molecule has 1 rings (SSSR count). The van der Waals surface area contributed by atoms with Crippen LogP contribution in [0.3, 0.4) is 0 Å². The summed E-state index contributed by atoms with van der Waals surface area (Å²) in [6.45, 7) is 3.43. The van der Waals surface area contributed by atoms with Crippen LogP contribution in [-0.4, -0.2) is 47.7 Å². The van der Waals surface area contributed by atoms with Crippen molar-refractivity contribution in [2.24, 2.45) is 0 Å². The molecule has 0 saturated carbocycles. The van der Waals surface area contributed by atoms with Gasteiger partial charge in [0.15, 0.2) is 0 Å². The van der Waals surface area contributed by atoms with E-state index in [0.29, 0.717) is 26.1 Å². The van der Waals surface area contributed by atoms with Gasteiger partial charge in [-0.1, -0.05) is 0 Å². The first-order valence-electron chi connectivity index (χ1n) is 4.71. The number of esters is 1. The molecule has 1 N–H and O–H groups in total. The maximum Gasteiger partial charge on any atom is 0.307 e. The normalized spacial score (nSPS) is 21.1. The first-order chi connectivity index (χ1) is 6.59. The molecular formula is C9H15NO4. The maximum absolute atomic E-state index is 10.9. The highest BCUT2D eigenvalue weighted by Gasteiger charge is 2.20. The molecule has 0 aromatic rings. The van der Waals surface area contributed by atoms with Crippen molar-refractivity contribution in [3.63, 3.8) is 0 Å². The van der Waals surface area contributed by atoms with Gasteiger partial charge in [-0.25, -0.2) is 0 Å².